The number of pyridine rings is 1. The summed E-state index contributed by atoms with van der Waals surface area (Å²) in [6, 6.07) is 11.1. The lowest BCUT2D eigenvalue weighted by molar-refractivity contribution is -0.134. The average Bonchev–Trinajstić information content (AvgIpc) is 2.84. The Hall–Kier alpha value is -2.44. The first kappa shape index (κ1) is 26.6. The zero-order valence-corrected chi connectivity index (χ0v) is 20.3. The monoisotopic (exact) mass is 443 g/mol. The number of nitrogens with zero attached hydrogens (tertiary/aromatic N) is 2. The third kappa shape index (κ3) is 6.52. The van der Waals surface area contributed by atoms with Gasteiger partial charge in [-0.05, 0) is 63.4 Å². The molecular formula is C25H37N3O2S. The molecule has 0 bridgehead atoms. The third-order valence-corrected chi connectivity index (χ3v) is 5.57. The number of allylic oxidation sites excluding steroid dienone is 1. The molecule has 5 nitrogen and oxygen atoms in total. The summed E-state index contributed by atoms with van der Waals surface area (Å²) in [5.41, 5.74) is 6.91. The van der Waals surface area contributed by atoms with Crippen LogP contribution in [0.2, 0.25) is 0 Å². The highest BCUT2D eigenvalue weighted by molar-refractivity contribution is 7.71. The molecule has 31 heavy (non-hydrogen) atoms. The van der Waals surface area contributed by atoms with Crippen LogP contribution >= 0.6 is 12.2 Å². The van der Waals surface area contributed by atoms with Crippen LogP contribution < -0.4 is 5.73 Å². The number of hydrogen-bond donors (Lipinski definition) is 2. The zero-order valence-electron chi connectivity index (χ0n) is 19.5. The van der Waals surface area contributed by atoms with Crippen LogP contribution in [-0.2, 0) is 4.79 Å². The fourth-order valence-electron chi connectivity index (χ4n) is 3.64. The quantitative estimate of drug-likeness (QED) is 0.473. The van der Waals surface area contributed by atoms with Gasteiger partial charge in [0.25, 0.3) is 0 Å². The number of likely N-dealkylation sites (tertiary alicyclic amines) is 1. The van der Waals surface area contributed by atoms with Crippen molar-refractivity contribution >= 4 is 23.9 Å². The molecule has 0 radical (unpaired) electrons. The molecule has 0 spiro atoms. The average molecular weight is 444 g/mol. The van der Waals surface area contributed by atoms with Crippen LogP contribution in [-0.4, -0.2) is 40.6 Å². The summed E-state index contributed by atoms with van der Waals surface area (Å²) in [5, 5.41) is 10.3. The van der Waals surface area contributed by atoms with Crippen LogP contribution in [0.15, 0.2) is 48.7 Å². The molecule has 1 unspecified atom stereocenters. The van der Waals surface area contributed by atoms with Gasteiger partial charge >= 0.3 is 0 Å². The van der Waals surface area contributed by atoms with Gasteiger partial charge in [-0.2, -0.15) is 0 Å². The van der Waals surface area contributed by atoms with Crippen LogP contribution in [0.4, 0.5) is 0 Å². The minimum Gasteiger partial charge on any atom is -0.508 e. The second-order valence-corrected chi connectivity index (χ2v) is 7.35. The number of carbonyl (C=O) groups is 1. The van der Waals surface area contributed by atoms with Gasteiger partial charge in [0.1, 0.15) is 16.4 Å². The van der Waals surface area contributed by atoms with Crippen LogP contribution in [0.5, 0.6) is 0 Å². The molecule has 170 valence electrons. The number of aliphatic hydroxyl groups is 1. The van der Waals surface area contributed by atoms with Crippen molar-refractivity contribution in [3.8, 4) is 0 Å². The van der Waals surface area contributed by atoms with Gasteiger partial charge in [0, 0.05) is 19.3 Å². The van der Waals surface area contributed by atoms with E-state index in [1.54, 1.807) is 13.0 Å². The number of hydrogen-bond acceptors (Lipinski definition) is 4. The lowest BCUT2D eigenvalue weighted by Gasteiger charge is -2.32. The van der Waals surface area contributed by atoms with Crippen molar-refractivity contribution in [1.29, 1.82) is 0 Å². The van der Waals surface area contributed by atoms with Gasteiger partial charge in [0.15, 0.2) is 0 Å². The number of nitrogens with two attached hydrogens (primary N) is 1. The lowest BCUT2D eigenvalue weighted by Crippen LogP contribution is -2.41. The van der Waals surface area contributed by atoms with E-state index in [0.717, 1.165) is 37.1 Å². The number of aromatic nitrogens is 1. The second kappa shape index (κ2) is 13.8. The van der Waals surface area contributed by atoms with Gasteiger partial charge in [-0.15, -0.1) is 0 Å². The summed E-state index contributed by atoms with van der Waals surface area (Å²) < 4.78 is 2.30. The summed E-state index contributed by atoms with van der Waals surface area (Å²) in [6.45, 7) is 9.26. The number of benzene rings is 1. The fraction of sp³-hybridized carbons (Fsp3) is 0.440. The number of rotatable bonds is 4. The Morgan fingerprint density at radius 3 is 2.23 bits per heavy atom. The van der Waals surface area contributed by atoms with Gasteiger partial charge in [0.05, 0.1) is 5.56 Å². The summed E-state index contributed by atoms with van der Waals surface area (Å²) >= 11 is 5.71. The molecule has 1 fully saturated rings. The molecule has 1 aromatic carbocycles. The molecule has 0 aliphatic carbocycles. The molecule has 6 heteroatoms. The van der Waals surface area contributed by atoms with Crippen molar-refractivity contribution in [3.63, 3.8) is 0 Å². The Kier molecular flexibility index (Phi) is 11.8. The smallest absolute Gasteiger partial charge is 0.250 e. The third-order valence-electron chi connectivity index (χ3n) is 5.15. The predicted octanol–water partition coefficient (Wildman–Crippen LogP) is 5.65. The number of carbonyl (C=O) groups excluding carboxylic acids is 1. The summed E-state index contributed by atoms with van der Waals surface area (Å²) in [5.74, 6) is 0.204. The van der Waals surface area contributed by atoms with Gasteiger partial charge in [-0.3, -0.25) is 4.79 Å². The van der Waals surface area contributed by atoms with Gasteiger partial charge in [0.2, 0.25) is 5.91 Å². The Bertz CT molecular complexity index is 901. The topological polar surface area (TPSA) is 71.5 Å². The van der Waals surface area contributed by atoms with Crippen molar-refractivity contribution < 1.29 is 9.90 Å². The van der Waals surface area contributed by atoms with Crippen molar-refractivity contribution in [2.24, 2.45) is 5.73 Å². The number of amides is 1. The van der Waals surface area contributed by atoms with E-state index in [4.69, 9.17) is 12.2 Å². The lowest BCUT2D eigenvalue weighted by atomic mass is 10.0. The van der Waals surface area contributed by atoms with E-state index >= 15 is 0 Å². The maximum Gasteiger partial charge on any atom is 0.250 e. The number of aryl methyl sites for hydroxylation is 1. The summed E-state index contributed by atoms with van der Waals surface area (Å²) in [4.78, 5) is 15.4. The molecule has 3 N–H and O–H groups in total. The van der Waals surface area contributed by atoms with E-state index in [-0.39, 0.29) is 11.7 Å². The van der Waals surface area contributed by atoms with E-state index < -0.39 is 6.04 Å². The summed E-state index contributed by atoms with van der Waals surface area (Å²) in [6.07, 6.45) is 6.74. The van der Waals surface area contributed by atoms with Crippen molar-refractivity contribution in [2.75, 3.05) is 20.1 Å². The van der Waals surface area contributed by atoms with Crippen molar-refractivity contribution in [3.05, 3.63) is 70.0 Å². The zero-order chi connectivity index (χ0) is 23.4. The van der Waals surface area contributed by atoms with Gasteiger partial charge in [-0.25, -0.2) is 0 Å². The first-order valence-corrected chi connectivity index (χ1v) is 11.4. The predicted molar refractivity (Wildman–Crippen MR) is 133 cm³/mol. The molecule has 1 atom stereocenters. The Balaban J connectivity index is 0.00000113. The minimum absolute atomic E-state index is 0.0618. The maximum absolute atomic E-state index is 13.5. The molecule has 1 aliphatic rings. The highest BCUT2D eigenvalue weighted by atomic mass is 32.1. The molecule has 1 aliphatic heterocycles. The van der Waals surface area contributed by atoms with E-state index in [0.29, 0.717) is 10.2 Å². The van der Waals surface area contributed by atoms with Crippen LogP contribution in [0.25, 0.3) is 5.76 Å². The Morgan fingerprint density at radius 2 is 1.68 bits per heavy atom. The molecule has 1 saturated heterocycles. The summed E-state index contributed by atoms with van der Waals surface area (Å²) in [7, 11) is 1.50. The number of piperidine rings is 1. The highest BCUT2D eigenvalue weighted by Crippen LogP contribution is 2.27. The minimum atomic E-state index is -0.527. The molecule has 2 aromatic rings. The van der Waals surface area contributed by atoms with Crippen LogP contribution in [0.3, 0.4) is 0 Å². The van der Waals surface area contributed by atoms with E-state index in [1.165, 1.54) is 13.5 Å². The van der Waals surface area contributed by atoms with Crippen LogP contribution in [0, 0.1) is 11.6 Å². The van der Waals surface area contributed by atoms with E-state index in [2.05, 4.69) is 5.73 Å². The van der Waals surface area contributed by atoms with Crippen LogP contribution in [0.1, 0.15) is 62.8 Å². The molecule has 3 rings (SSSR count). The van der Waals surface area contributed by atoms with E-state index in [1.807, 2.05) is 72.8 Å². The standard InChI is InChI=1S/C22H26N2O2S.C2H6.CH5N/c1-3-18(25)19-16(2)12-15-24(22(19)27)20(17-10-6-4-7-11-17)21(26)23-13-8-5-9-14-23;2*1-2/h3-4,6-7,10-12,15,20,25H,5,8-9,13-14H2,1-2H3;1-2H3;2H2,1H3/b18-3+;;. The first-order valence-electron chi connectivity index (χ1n) is 11.0. The molecule has 1 aromatic heterocycles. The van der Waals surface area contributed by atoms with Crippen molar-refractivity contribution in [1.82, 2.24) is 9.47 Å². The molecule has 2 heterocycles. The molecular weight excluding hydrogens is 406 g/mol. The highest BCUT2D eigenvalue weighted by Gasteiger charge is 2.29. The normalized spacial score (nSPS) is 14.5. The Labute approximate surface area is 192 Å². The number of aliphatic hydroxyl groups excluding tert-OH is 1. The first-order chi connectivity index (χ1) is 15.0. The molecule has 1 amide bonds. The largest absolute Gasteiger partial charge is 0.508 e. The van der Waals surface area contributed by atoms with Gasteiger partial charge in [-0.1, -0.05) is 56.4 Å². The van der Waals surface area contributed by atoms with Gasteiger partial charge < -0.3 is 20.3 Å². The second-order valence-electron chi connectivity index (χ2n) is 6.96. The fourth-order valence-corrected chi connectivity index (χ4v) is 4.08. The van der Waals surface area contributed by atoms with E-state index in [9.17, 15) is 9.90 Å². The van der Waals surface area contributed by atoms with Crippen molar-refractivity contribution in [2.45, 2.75) is 53.0 Å². The Morgan fingerprint density at radius 1 is 1.10 bits per heavy atom. The maximum atomic E-state index is 13.5. The SMILES string of the molecule is C/C=C(/O)c1c(C)ccn(C(C(=O)N2CCCCC2)c2ccccc2)c1=S.CC.CN. The molecule has 0 saturated carbocycles.